The second-order valence-corrected chi connectivity index (χ2v) is 8.74. The number of halogens is 2. The molecule has 1 atom stereocenters. The highest BCUT2D eigenvalue weighted by Crippen LogP contribution is 2.48. The van der Waals surface area contributed by atoms with Gasteiger partial charge in [0, 0.05) is 31.6 Å². The first-order valence-electron chi connectivity index (χ1n) is 9.01. The highest BCUT2D eigenvalue weighted by atomic mass is 79.9. The van der Waals surface area contributed by atoms with E-state index in [1.165, 1.54) is 6.92 Å². The summed E-state index contributed by atoms with van der Waals surface area (Å²) in [6, 6.07) is 10.3. The average molecular weight is 465 g/mol. The zero-order chi connectivity index (χ0) is 20.1. The summed E-state index contributed by atoms with van der Waals surface area (Å²) in [6.45, 7) is 1.90. The maximum Gasteiger partial charge on any atom is 0.261 e. The summed E-state index contributed by atoms with van der Waals surface area (Å²) >= 11 is 9.54. The van der Waals surface area contributed by atoms with Crippen LogP contribution in [0.15, 0.2) is 40.9 Å². The first-order chi connectivity index (χ1) is 13.3. The van der Waals surface area contributed by atoms with Gasteiger partial charge < -0.3 is 9.84 Å². The lowest BCUT2D eigenvalue weighted by Gasteiger charge is -2.28. The number of hydrogen-bond donors (Lipinski definition) is 1. The van der Waals surface area contributed by atoms with Gasteiger partial charge in [0.25, 0.3) is 5.91 Å². The number of ether oxygens (including phenoxy) is 1. The Balaban J connectivity index is 1.76. The van der Waals surface area contributed by atoms with Crippen molar-refractivity contribution in [3.63, 3.8) is 0 Å². The Bertz CT molecular complexity index is 973. The topological polar surface area (TPSA) is 66.8 Å². The highest BCUT2D eigenvalue weighted by Gasteiger charge is 2.46. The molecule has 2 aliphatic rings. The van der Waals surface area contributed by atoms with Crippen molar-refractivity contribution < 1.29 is 19.4 Å². The molecular weight excluding hydrogens is 446 g/mol. The quantitative estimate of drug-likeness (QED) is 0.626. The lowest BCUT2D eigenvalue weighted by Crippen LogP contribution is -2.31. The summed E-state index contributed by atoms with van der Waals surface area (Å²) < 4.78 is 6.85. The van der Waals surface area contributed by atoms with Crippen molar-refractivity contribution in [3.8, 4) is 0 Å². The number of nitrogens with zero attached hydrogens (tertiary/aromatic N) is 1. The van der Waals surface area contributed by atoms with E-state index in [1.54, 1.807) is 41.3 Å². The molecule has 1 N–H and O–H groups in total. The van der Waals surface area contributed by atoms with Crippen molar-refractivity contribution in [2.45, 2.75) is 26.0 Å². The van der Waals surface area contributed by atoms with Crippen molar-refractivity contribution in [2.24, 2.45) is 5.41 Å². The Morgan fingerprint density at radius 1 is 1.32 bits per heavy atom. The van der Waals surface area contributed by atoms with Crippen LogP contribution in [0.3, 0.4) is 0 Å². The molecule has 0 radical (unpaired) electrons. The Kier molecular flexibility index (Phi) is 5.08. The van der Waals surface area contributed by atoms with Crippen LogP contribution < -0.4 is 4.90 Å². The fourth-order valence-corrected chi connectivity index (χ4v) is 4.28. The summed E-state index contributed by atoms with van der Waals surface area (Å²) in [7, 11) is 0. The summed E-state index contributed by atoms with van der Waals surface area (Å²) in [5, 5.41) is 10.2. The molecule has 1 unspecified atom stereocenters. The molecule has 1 saturated carbocycles. The third-order valence-electron chi connectivity index (χ3n) is 5.42. The first-order valence-corrected chi connectivity index (χ1v) is 10.2. The summed E-state index contributed by atoms with van der Waals surface area (Å²) in [5.41, 5.74) is 2.07. The van der Waals surface area contributed by atoms with Crippen molar-refractivity contribution in [1.29, 1.82) is 0 Å². The van der Waals surface area contributed by atoms with Crippen LogP contribution >= 0.6 is 27.5 Å². The molecule has 1 fully saturated rings. The van der Waals surface area contributed by atoms with E-state index in [2.05, 4.69) is 15.9 Å². The van der Waals surface area contributed by atoms with Gasteiger partial charge >= 0.3 is 0 Å². The zero-order valence-corrected chi connectivity index (χ0v) is 17.6. The Morgan fingerprint density at radius 3 is 2.68 bits per heavy atom. The summed E-state index contributed by atoms with van der Waals surface area (Å²) in [6.07, 6.45) is 1.18. The molecular formula is C21H19BrClNO4. The normalized spacial score (nSPS) is 19.6. The number of fused-ring (bicyclic) bond motifs is 1. The predicted molar refractivity (Wildman–Crippen MR) is 110 cm³/mol. The molecule has 7 heteroatoms. The van der Waals surface area contributed by atoms with Gasteiger partial charge in [-0.3, -0.25) is 14.5 Å². The Labute approximate surface area is 176 Å². The van der Waals surface area contributed by atoms with Gasteiger partial charge in [-0.05, 0) is 60.0 Å². The van der Waals surface area contributed by atoms with Crippen molar-refractivity contribution in [3.05, 3.63) is 62.6 Å². The minimum atomic E-state index is -0.634. The summed E-state index contributed by atoms with van der Waals surface area (Å²) in [5.74, 6) is -0.337. The van der Waals surface area contributed by atoms with E-state index in [1.807, 2.05) is 0 Å². The van der Waals surface area contributed by atoms with E-state index >= 15 is 0 Å². The molecule has 1 heterocycles. The van der Waals surface area contributed by atoms with E-state index in [0.29, 0.717) is 38.5 Å². The maximum absolute atomic E-state index is 13.3. The van der Waals surface area contributed by atoms with Crippen molar-refractivity contribution >= 4 is 44.9 Å². The van der Waals surface area contributed by atoms with Crippen LogP contribution in [0.5, 0.6) is 0 Å². The second-order valence-electron chi connectivity index (χ2n) is 7.45. The number of ketones is 1. The van der Waals surface area contributed by atoms with Crippen LogP contribution in [0.25, 0.3) is 0 Å². The number of carbonyl (C=O) groups excluding carboxylic acids is 2. The number of benzene rings is 2. The number of carbonyl (C=O) groups is 2. The molecule has 4 rings (SSSR count). The number of aliphatic hydroxyl groups excluding tert-OH is 1. The third-order valence-corrected chi connectivity index (χ3v) is 6.29. The van der Waals surface area contributed by atoms with Gasteiger partial charge in [-0.2, -0.15) is 0 Å². The van der Waals surface area contributed by atoms with E-state index in [0.717, 1.165) is 12.8 Å². The van der Waals surface area contributed by atoms with Crippen LogP contribution in [0.1, 0.15) is 52.3 Å². The maximum atomic E-state index is 13.3. The minimum Gasteiger partial charge on any atom is -0.396 e. The highest BCUT2D eigenvalue weighted by molar-refractivity contribution is 9.10. The van der Waals surface area contributed by atoms with Gasteiger partial charge in [0.1, 0.15) is 0 Å². The SMILES string of the molecule is CC(=O)c1ccc2c(c1)C(=O)N(c1ccc(Cl)cc1Br)C2OCC1(CO)CC1. The lowest BCUT2D eigenvalue weighted by molar-refractivity contribution is 0.00835. The third kappa shape index (κ3) is 3.39. The van der Waals surface area contributed by atoms with Crippen molar-refractivity contribution in [1.82, 2.24) is 0 Å². The molecule has 146 valence electrons. The lowest BCUT2D eigenvalue weighted by atomic mass is 10.0. The van der Waals surface area contributed by atoms with Gasteiger partial charge in [0.2, 0.25) is 0 Å². The van der Waals surface area contributed by atoms with Gasteiger partial charge in [0.15, 0.2) is 12.0 Å². The second kappa shape index (κ2) is 7.26. The Hall–Kier alpha value is -1.73. The molecule has 1 aliphatic heterocycles. The van der Waals surface area contributed by atoms with Crippen LogP contribution in [0.2, 0.25) is 5.02 Å². The van der Waals surface area contributed by atoms with Crippen LogP contribution in [-0.4, -0.2) is 30.0 Å². The summed E-state index contributed by atoms with van der Waals surface area (Å²) in [4.78, 5) is 26.6. The van der Waals surface area contributed by atoms with Crippen molar-refractivity contribution in [2.75, 3.05) is 18.1 Å². The van der Waals surface area contributed by atoms with Crippen LogP contribution in [0, 0.1) is 5.41 Å². The Morgan fingerprint density at radius 2 is 2.07 bits per heavy atom. The van der Waals surface area contributed by atoms with E-state index in [9.17, 15) is 14.7 Å². The molecule has 2 aromatic carbocycles. The number of Topliss-reactive ketones (excluding diaryl/α,β-unsaturated/α-hetero) is 1. The van der Waals surface area contributed by atoms with Gasteiger partial charge in [-0.25, -0.2) is 0 Å². The predicted octanol–water partition coefficient (Wildman–Crippen LogP) is 4.75. The van der Waals surface area contributed by atoms with E-state index < -0.39 is 6.23 Å². The number of hydrogen-bond acceptors (Lipinski definition) is 4. The number of amides is 1. The zero-order valence-electron chi connectivity index (χ0n) is 15.2. The van der Waals surface area contributed by atoms with Crippen LogP contribution in [0.4, 0.5) is 5.69 Å². The van der Waals surface area contributed by atoms with Gasteiger partial charge in [-0.15, -0.1) is 0 Å². The fourth-order valence-electron chi connectivity index (χ4n) is 3.41. The first kappa shape index (κ1) is 19.6. The monoisotopic (exact) mass is 463 g/mol. The minimum absolute atomic E-state index is 0.0639. The standard InChI is InChI=1S/C21H19BrClNO4/c1-12(26)13-2-4-15-16(8-13)19(27)24(18-5-3-14(23)9-17(18)22)20(15)28-11-21(10-25)6-7-21/h2-5,8-9,20,25H,6-7,10-11H2,1H3. The van der Waals surface area contributed by atoms with E-state index in [-0.39, 0.29) is 23.7 Å². The average Bonchev–Trinajstić information content (AvgIpc) is 3.40. The molecule has 1 amide bonds. The molecule has 0 aromatic heterocycles. The fraction of sp³-hybridized carbons (Fsp3) is 0.333. The number of anilines is 1. The van der Waals surface area contributed by atoms with Gasteiger partial charge in [-0.1, -0.05) is 23.7 Å². The molecule has 0 bridgehead atoms. The number of rotatable bonds is 6. The van der Waals surface area contributed by atoms with Crippen LogP contribution in [-0.2, 0) is 4.74 Å². The molecule has 28 heavy (non-hydrogen) atoms. The molecule has 0 spiro atoms. The van der Waals surface area contributed by atoms with Gasteiger partial charge in [0.05, 0.1) is 18.9 Å². The molecule has 1 aliphatic carbocycles. The largest absolute Gasteiger partial charge is 0.396 e. The smallest absolute Gasteiger partial charge is 0.261 e. The molecule has 0 saturated heterocycles. The van der Waals surface area contributed by atoms with E-state index in [4.69, 9.17) is 16.3 Å². The molecule has 5 nitrogen and oxygen atoms in total. The number of aliphatic hydroxyl groups is 1. The molecule has 2 aromatic rings.